The van der Waals surface area contributed by atoms with Gasteiger partial charge in [-0.2, -0.15) is 0 Å². The summed E-state index contributed by atoms with van der Waals surface area (Å²) >= 11 is 13.3. The summed E-state index contributed by atoms with van der Waals surface area (Å²) in [6.45, 7) is 9.97. The molecule has 138 valence electrons. The van der Waals surface area contributed by atoms with Crippen LogP contribution in [-0.4, -0.2) is 9.86 Å². The number of fused-ring (bicyclic) bond motifs is 1. The van der Waals surface area contributed by atoms with E-state index >= 15 is 0 Å². The van der Waals surface area contributed by atoms with Crippen LogP contribution in [0.2, 0.25) is 5.02 Å². The van der Waals surface area contributed by atoms with Crippen LogP contribution in [0.25, 0.3) is 0 Å². The Morgan fingerprint density at radius 2 is 1.81 bits per heavy atom. The lowest BCUT2D eigenvalue weighted by Gasteiger charge is -2.41. The van der Waals surface area contributed by atoms with E-state index in [0.717, 1.165) is 22.7 Å². The predicted octanol–water partition coefficient (Wildman–Crippen LogP) is 6.38. The smallest absolute Gasteiger partial charge is 0.171 e. The van der Waals surface area contributed by atoms with E-state index in [2.05, 4.69) is 56.5 Å². The minimum absolute atomic E-state index is 0.153. The molecule has 0 bridgehead atoms. The lowest BCUT2D eigenvalue weighted by molar-refractivity contribution is 0.408. The second-order valence-corrected chi connectivity index (χ2v) is 10.7. The molecule has 0 aliphatic carbocycles. The number of halogens is 1. The lowest BCUT2D eigenvalue weighted by atomic mass is 9.77. The topological polar surface area (TPSA) is 24.1 Å². The lowest BCUT2D eigenvalue weighted by Crippen LogP contribution is -2.34. The fourth-order valence-electron chi connectivity index (χ4n) is 3.68. The number of hydrogen-bond acceptors (Lipinski definition) is 2. The van der Waals surface area contributed by atoms with Gasteiger partial charge in [0, 0.05) is 26.9 Å². The molecule has 0 saturated heterocycles. The van der Waals surface area contributed by atoms with Gasteiger partial charge in [-0.1, -0.05) is 51.4 Å². The molecule has 1 aliphatic heterocycles. The van der Waals surface area contributed by atoms with Crippen LogP contribution in [0.4, 0.5) is 5.69 Å². The molecule has 3 rings (SSSR count). The summed E-state index contributed by atoms with van der Waals surface area (Å²) in [4.78, 5) is 1.37. The van der Waals surface area contributed by atoms with Gasteiger partial charge in [0.2, 0.25) is 0 Å². The van der Waals surface area contributed by atoms with Gasteiger partial charge >= 0.3 is 0 Å². The highest BCUT2D eigenvalue weighted by atomic mass is 35.5. The fraction of sp³-hybridized carbons (Fsp3) is 0.381. The quantitative estimate of drug-likeness (QED) is 0.579. The SMILES string of the molecule is CC1(C)CC(C)(C)c2cc(NC(=S)NCc3ccc(Cl)cc3)ccc2S1. The van der Waals surface area contributed by atoms with E-state index in [1.807, 2.05) is 36.0 Å². The van der Waals surface area contributed by atoms with Crippen molar-refractivity contribution in [1.82, 2.24) is 5.32 Å². The molecule has 2 N–H and O–H groups in total. The van der Waals surface area contributed by atoms with Gasteiger partial charge in [-0.25, -0.2) is 0 Å². The molecule has 1 heterocycles. The molecule has 0 amide bonds. The van der Waals surface area contributed by atoms with E-state index in [-0.39, 0.29) is 10.2 Å². The molecule has 2 aromatic carbocycles. The highest BCUT2D eigenvalue weighted by Crippen LogP contribution is 2.51. The molecule has 1 aliphatic rings. The maximum atomic E-state index is 5.92. The maximum Gasteiger partial charge on any atom is 0.171 e. The zero-order valence-electron chi connectivity index (χ0n) is 15.7. The van der Waals surface area contributed by atoms with Crippen LogP contribution in [0, 0.1) is 0 Å². The van der Waals surface area contributed by atoms with Crippen LogP contribution in [0.5, 0.6) is 0 Å². The first-order valence-electron chi connectivity index (χ1n) is 8.77. The second kappa shape index (κ2) is 7.41. The number of thiocarbonyl (C=S) groups is 1. The fourth-order valence-corrected chi connectivity index (χ4v) is 5.60. The molecule has 0 unspecified atom stereocenters. The molecule has 0 spiro atoms. The summed E-state index contributed by atoms with van der Waals surface area (Å²) in [6.07, 6.45) is 1.15. The van der Waals surface area contributed by atoms with Crippen molar-refractivity contribution >= 4 is 46.4 Å². The molecule has 0 atom stereocenters. The Morgan fingerprint density at radius 3 is 2.50 bits per heavy atom. The number of thioether (sulfide) groups is 1. The van der Waals surface area contributed by atoms with Gasteiger partial charge in [0.25, 0.3) is 0 Å². The Morgan fingerprint density at radius 1 is 1.12 bits per heavy atom. The Labute approximate surface area is 171 Å². The van der Waals surface area contributed by atoms with Gasteiger partial charge < -0.3 is 10.6 Å². The van der Waals surface area contributed by atoms with Crippen molar-refractivity contribution in [2.75, 3.05) is 5.32 Å². The summed E-state index contributed by atoms with van der Waals surface area (Å²) in [6, 6.07) is 14.3. The Bertz CT molecular complexity index is 813. The average Bonchev–Trinajstić information content (AvgIpc) is 2.53. The van der Waals surface area contributed by atoms with Crippen molar-refractivity contribution in [2.24, 2.45) is 0 Å². The molecule has 2 nitrogen and oxygen atoms in total. The molecule has 0 radical (unpaired) electrons. The molecular weight excluding hydrogens is 380 g/mol. The van der Waals surface area contributed by atoms with E-state index in [0.29, 0.717) is 11.7 Å². The van der Waals surface area contributed by atoms with Crippen molar-refractivity contribution in [2.45, 2.75) is 55.7 Å². The highest BCUT2D eigenvalue weighted by molar-refractivity contribution is 8.00. The number of rotatable bonds is 3. The van der Waals surface area contributed by atoms with Crippen molar-refractivity contribution in [3.8, 4) is 0 Å². The van der Waals surface area contributed by atoms with Crippen LogP contribution in [-0.2, 0) is 12.0 Å². The molecule has 0 fully saturated rings. The molecular formula is C21H25ClN2S2. The first kappa shape index (κ1) is 19.5. The summed E-state index contributed by atoms with van der Waals surface area (Å²) in [5.41, 5.74) is 3.72. The third-order valence-electron chi connectivity index (χ3n) is 4.59. The molecule has 26 heavy (non-hydrogen) atoms. The van der Waals surface area contributed by atoms with Gasteiger partial charge in [0.1, 0.15) is 0 Å². The van der Waals surface area contributed by atoms with Gasteiger partial charge in [-0.3, -0.25) is 0 Å². The maximum absolute atomic E-state index is 5.92. The molecule has 2 aromatic rings. The van der Waals surface area contributed by atoms with Crippen LogP contribution < -0.4 is 10.6 Å². The summed E-state index contributed by atoms with van der Waals surface area (Å²) < 4.78 is 0.265. The van der Waals surface area contributed by atoms with Crippen LogP contribution >= 0.6 is 35.6 Å². The summed E-state index contributed by atoms with van der Waals surface area (Å²) in [5.74, 6) is 0. The number of hydrogen-bond donors (Lipinski definition) is 2. The first-order chi connectivity index (χ1) is 12.1. The van der Waals surface area contributed by atoms with Gasteiger partial charge in [-0.05, 0) is 65.5 Å². The molecule has 5 heteroatoms. The predicted molar refractivity (Wildman–Crippen MR) is 119 cm³/mol. The van der Waals surface area contributed by atoms with Crippen LogP contribution in [0.3, 0.4) is 0 Å². The van der Waals surface area contributed by atoms with Gasteiger partial charge in [0.15, 0.2) is 5.11 Å². The van der Waals surface area contributed by atoms with Gasteiger partial charge in [0.05, 0.1) is 0 Å². The van der Waals surface area contributed by atoms with Crippen molar-refractivity contribution in [3.63, 3.8) is 0 Å². The monoisotopic (exact) mass is 404 g/mol. The first-order valence-corrected chi connectivity index (χ1v) is 10.4. The summed E-state index contributed by atoms with van der Waals surface area (Å²) in [7, 11) is 0. The average molecular weight is 405 g/mol. The van der Waals surface area contributed by atoms with E-state index < -0.39 is 0 Å². The number of nitrogens with one attached hydrogen (secondary N) is 2. The number of anilines is 1. The second-order valence-electron chi connectivity index (χ2n) is 8.07. The van der Waals surface area contributed by atoms with Gasteiger partial charge in [-0.15, -0.1) is 11.8 Å². The van der Waals surface area contributed by atoms with Crippen LogP contribution in [0.1, 0.15) is 45.2 Å². The third kappa shape index (κ3) is 4.73. The van der Waals surface area contributed by atoms with Crippen molar-refractivity contribution in [1.29, 1.82) is 0 Å². The Hall–Kier alpha value is -1.23. The highest BCUT2D eigenvalue weighted by Gasteiger charge is 2.38. The minimum atomic E-state index is 0.153. The normalized spacial score (nSPS) is 17.3. The van der Waals surface area contributed by atoms with E-state index in [1.54, 1.807) is 0 Å². The Balaban J connectivity index is 1.67. The number of benzene rings is 2. The standard InChI is InChI=1S/C21H25ClN2S2/c1-20(2)13-21(3,4)26-18-10-9-16(11-17(18)20)24-19(25)23-12-14-5-7-15(22)8-6-14/h5-11H,12-13H2,1-4H3,(H2,23,24,25). The third-order valence-corrected chi connectivity index (χ3v) is 6.36. The van der Waals surface area contributed by atoms with Crippen molar-refractivity contribution in [3.05, 3.63) is 58.6 Å². The van der Waals surface area contributed by atoms with Crippen molar-refractivity contribution < 1.29 is 0 Å². The molecule has 0 aromatic heterocycles. The largest absolute Gasteiger partial charge is 0.358 e. The van der Waals surface area contributed by atoms with E-state index in [9.17, 15) is 0 Å². The minimum Gasteiger partial charge on any atom is -0.358 e. The summed E-state index contributed by atoms with van der Waals surface area (Å²) in [5, 5.41) is 7.94. The van der Waals surface area contributed by atoms with E-state index in [4.69, 9.17) is 23.8 Å². The zero-order valence-corrected chi connectivity index (χ0v) is 18.0. The van der Waals surface area contributed by atoms with E-state index in [1.165, 1.54) is 10.5 Å². The zero-order chi connectivity index (χ0) is 18.9. The van der Waals surface area contributed by atoms with Crippen LogP contribution in [0.15, 0.2) is 47.4 Å². The Kier molecular flexibility index (Phi) is 5.57. The molecule has 0 saturated carbocycles.